The standard InChI is InChI=1S/C14H18N2O2/c1-14(2,18)12-8-16(3)13(15-12)11-6-4-10(9-17)5-7-11/h4-8,17-18H,9H2,1-3H3. The number of rotatable bonds is 3. The fourth-order valence-electron chi connectivity index (χ4n) is 1.79. The lowest BCUT2D eigenvalue weighted by atomic mass is 10.1. The molecule has 4 nitrogen and oxygen atoms in total. The summed E-state index contributed by atoms with van der Waals surface area (Å²) < 4.78 is 1.89. The molecule has 2 N–H and O–H groups in total. The molecule has 18 heavy (non-hydrogen) atoms. The summed E-state index contributed by atoms with van der Waals surface area (Å²) in [6, 6.07) is 7.58. The molecule has 0 unspecified atom stereocenters. The van der Waals surface area contributed by atoms with Crippen molar-refractivity contribution in [2.75, 3.05) is 0 Å². The number of aryl methyl sites for hydroxylation is 1. The molecular weight excluding hydrogens is 228 g/mol. The maximum absolute atomic E-state index is 9.95. The van der Waals surface area contributed by atoms with Gasteiger partial charge in [-0.3, -0.25) is 0 Å². The van der Waals surface area contributed by atoms with Crippen LogP contribution < -0.4 is 0 Å². The van der Waals surface area contributed by atoms with Crippen molar-refractivity contribution in [2.24, 2.45) is 7.05 Å². The van der Waals surface area contributed by atoms with Gasteiger partial charge in [0.1, 0.15) is 11.4 Å². The molecule has 0 spiro atoms. The number of benzene rings is 1. The lowest BCUT2D eigenvalue weighted by Gasteiger charge is -2.12. The second kappa shape index (κ2) is 4.55. The summed E-state index contributed by atoms with van der Waals surface area (Å²) in [5.41, 5.74) is 1.54. The third-order valence-electron chi connectivity index (χ3n) is 2.90. The van der Waals surface area contributed by atoms with Gasteiger partial charge in [0.25, 0.3) is 0 Å². The van der Waals surface area contributed by atoms with Crippen molar-refractivity contribution in [2.45, 2.75) is 26.1 Å². The Bertz CT molecular complexity index is 536. The van der Waals surface area contributed by atoms with Crippen LogP contribution in [0.3, 0.4) is 0 Å². The topological polar surface area (TPSA) is 58.3 Å². The van der Waals surface area contributed by atoms with Crippen molar-refractivity contribution in [1.82, 2.24) is 9.55 Å². The van der Waals surface area contributed by atoms with Crippen LogP contribution in [0.25, 0.3) is 11.4 Å². The summed E-state index contributed by atoms with van der Waals surface area (Å²) in [5.74, 6) is 0.802. The summed E-state index contributed by atoms with van der Waals surface area (Å²) in [7, 11) is 1.90. The highest BCUT2D eigenvalue weighted by atomic mass is 16.3. The minimum absolute atomic E-state index is 0.0375. The summed E-state index contributed by atoms with van der Waals surface area (Å²) in [6.07, 6.45) is 1.83. The maximum Gasteiger partial charge on any atom is 0.140 e. The first-order valence-corrected chi connectivity index (χ1v) is 5.88. The van der Waals surface area contributed by atoms with Crippen molar-refractivity contribution < 1.29 is 10.2 Å². The first-order chi connectivity index (χ1) is 8.41. The largest absolute Gasteiger partial charge is 0.392 e. The average molecular weight is 246 g/mol. The van der Waals surface area contributed by atoms with Gasteiger partial charge in [-0.15, -0.1) is 0 Å². The third kappa shape index (κ3) is 2.44. The molecule has 0 saturated heterocycles. The predicted molar refractivity (Wildman–Crippen MR) is 69.8 cm³/mol. The molecule has 0 aliphatic rings. The van der Waals surface area contributed by atoms with Gasteiger partial charge in [0.2, 0.25) is 0 Å². The van der Waals surface area contributed by atoms with Gasteiger partial charge in [0.15, 0.2) is 0 Å². The fourth-order valence-corrected chi connectivity index (χ4v) is 1.79. The molecule has 1 aromatic carbocycles. The Morgan fingerprint density at radius 3 is 2.28 bits per heavy atom. The predicted octanol–water partition coefficient (Wildman–Crippen LogP) is 1.81. The zero-order valence-corrected chi connectivity index (χ0v) is 10.9. The van der Waals surface area contributed by atoms with Gasteiger partial charge in [-0.25, -0.2) is 4.98 Å². The quantitative estimate of drug-likeness (QED) is 0.868. The van der Waals surface area contributed by atoms with Crippen molar-refractivity contribution in [3.8, 4) is 11.4 Å². The zero-order chi connectivity index (χ0) is 13.3. The Kier molecular flexibility index (Phi) is 3.24. The number of imidazole rings is 1. The molecule has 0 bridgehead atoms. The highest BCUT2D eigenvalue weighted by Gasteiger charge is 2.21. The number of aliphatic hydroxyl groups is 2. The second-order valence-corrected chi connectivity index (χ2v) is 4.97. The average Bonchev–Trinajstić information content (AvgIpc) is 2.71. The van der Waals surface area contributed by atoms with Crippen LogP contribution in [-0.2, 0) is 19.3 Å². The molecule has 1 heterocycles. The molecule has 0 atom stereocenters. The first kappa shape index (κ1) is 12.8. The number of nitrogens with zero attached hydrogens (tertiary/aromatic N) is 2. The molecule has 1 aromatic heterocycles. The van der Waals surface area contributed by atoms with Gasteiger partial charge in [-0.05, 0) is 19.4 Å². The Morgan fingerprint density at radius 1 is 1.22 bits per heavy atom. The van der Waals surface area contributed by atoms with Crippen LogP contribution >= 0.6 is 0 Å². The van der Waals surface area contributed by atoms with E-state index in [9.17, 15) is 5.11 Å². The van der Waals surface area contributed by atoms with Crippen LogP contribution in [0.1, 0.15) is 25.1 Å². The van der Waals surface area contributed by atoms with Crippen molar-refractivity contribution >= 4 is 0 Å². The summed E-state index contributed by atoms with van der Waals surface area (Å²) >= 11 is 0. The van der Waals surface area contributed by atoms with Crippen molar-refractivity contribution in [3.05, 3.63) is 41.7 Å². The van der Waals surface area contributed by atoms with Crippen LogP contribution in [0.15, 0.2) is 30.5 Å². The Balaban J connectivity index is 2.41. The number of aliphatic hydroxyl groups excluding tert-OH is 1. The summed E-state index contributed by atoms with van der Waals surface area (Å²) in [5, 5.41) is 19.0. The van der Waals surface area contributed by atoms with E-state index in [4.69, 9.17) is 5.11 Å². The molecule has 0 aliphatic carbocycles. The van der Waals surface area contributed by atoms with Gasteiger partial charge in [0.05, 0.1) is 12.3 Å². The lowest BCUT2D eigenvalue weighted by Crippen LogP contribution is -2.15. The normalized spacial score (nSPS) is 11.8. The van der Waals surface area contributed by atoms with Crippen molar-refractivity contribution in [3.63, 3.8) is 0 Å². The van der Waals surface area contributed by atoms with Crippen LogP contribution in [0.2, 0.25) is 0 Å². The molecule has 0 fully saturated rings. The molecule has 0 aliphatic heterocycles. The monoisotopic (exact) mass is 246 g/mol. The Morgan fingerprint density at radius 2 is 1.83 bits per heavy atom. The van der Waals surface area contributed by atoms with Crippen LogP contribution in [0, 0.1) is 0 Å². The van der Waals surface area contributed by atoms with Crippen LogP contribution in [0.4, 0.5) is 0 Å². The van der Waals surface area contributed by atoms with Crippen molar-refractivity contribution in [1.29, 1.82) is 0 Å². The van der Waals surface area contributed by atoms with Gasteiger partial charge >= 0.3 is 0 Å². The molecule has 0 amide bonds. The molecule has 96 valence electrons. The van der Waals surface area contributed by atoms with E-state index in [1.165, 1.54) is 0 Å². The van der Waals surface area contributed by atoms with Gasteiger partial charge in [-0.1, -0.05) is 24.3 Å². The first-order valence-electron chi connectivity index (χ1n) is 5.88. The SMILES string of the molecule is Cn1cc(C(C)(C)O)nc1-c1ccc(CO)cc1. The summed E-state index contributed by atoms with van der Waals surface area (Å²) in [6.45, 7) is 3.47. The van der Waals surface area contributed by atoms with Crippen LogP contribution in [-0.4, -0.2) is 19.8 Å². The highest BCUT2D eigenvalue weighted by molar-refractivity contribution is 5.56. The van der Waals surface area contributed by atoms with Crippen LogP contribution in [0.5, 0.6) is 0 Å². The zero-order valence-electron chi connectivity index (χ0n) is 10.9. The van der Waals surface area contributed by atoms with E-state index in [0.29, 0.717) is 5.69 Å². The second-order valence-electron chi connectivity index (χ2n) is 4.97. The highest BCUT2D eigenvalue weighted by Crippen LogP contribution is 2.24. The minimum atomic E-state index is -0.943. The fraction of sp³-hybridized carbons (Fsp3) is 0.357. The maximum atomic E-state index is 9.95. The van der Waals surface area contributed by atoms with E-state index in [1.807, 2.05) is 42.1 Å². The molecule has 2 rings (SSSR count). The molecule has 2 aromatic rings. The summed E-state index contributed by atoms with van der Waals surface area (Å²) in [4.78, 5) is 4.46. The van der Waals surface area contributed by atoms with E-state index >= 15 is 0 Å². The van der Waals surface area contributed by atoms with E-state index in [-0.39, 0.29) is 6.61 Å². The smallest absolute Gasteiger partial charge is 0.140 e. The Hall–Kier alpha value is -1.65. The third-order valence-corrected chi connectivity index (χ3v) is 2.90. The number of hydrogen-bond donors (Lipinski definition) is 2. The van der Waals surface area contributed by atoms with Gasteiger partial charge in [0, 0.05) is 18.8 Å². The van der Waals surface area contributed by atoms with Gasteiger partial charge in [-0.2, -0.15) is 0 Å². The van der Waals surface area contributed by atoms with E-state index in [0.717, 1.165) is 17.0 Å². The minimum Gasteiger partial charge on any atom is -0.392 e. The lowest BCUT2D eigenvalue weighted by molar-refractivity contribution is 0.0742. The molecule has 4 heteroatoms. The Labute approximate surface area is 107 Å². The number of hydrogen-bond acceptors (Lipinski definition) is 3. The molecular formula is C14H18N2O2. The van der Waals surface area contributed by atoms with Gasteiger partial charge < -0.3 is 14.8 Å². The molecule has 0 radical (unpaired) electrons. The molecule has 0 saturated carbocycles. The number of aromatic nitrogens is 2. The van der Waals surface area contributed by atoms with E-state index in [2.05, 4.69) is 4.98 Å². The van der Waals surface area contributed by atoms with E-state index < -0.39 is 5.60 Å². The van der Waals surface area contributed by atoms with E-state index in [1.54, 1.807) is 13.8 Å².